The molecule has 1 aliphatic rings. The largest absolute Gasteiger partial charge is 0.379 e. The Hall–Kier alpha value is -1.46. The fourth-order valence-corrected chi connectivity index (χ4v) is 1.97. The summed E-state index contributed by atoms with van der Waals surface area (Å²) in [4.78, 5) is 0. The van der Waals surface area contributed by atoms with E-state index >= 15 is 0 Å². The van der Waals surface area contributed by atoms with Crippen LogP contribution in [0.3, 0.4) is 0 Å². The fraction of sp³-hybridized carbons (Fsp3) is 0.364. The van der Waals surface area contributed by atoms with E-state index in [1.807, 2.05) is 16.9 Å². The molecule has 6 heteroatoms. The molecule has 2 aromatic heterocycles. The van der Waals surface area contributed by atoms with Crippen LogP contribution in [0.5, 0.6) is 0 Å². The smallest absolute Gasteiger partial charge is 0.151 e. The van der Waals surface area contributed by atoms with Gasteiger partial charge < -0.3 is 4.74 Å². The van der Waals surface area contributed by atoms with Crippen molar-refractivity contribution in [3.63, 3.8) is 0 Å². The highest BCUT2D eigenvalue weighted by molar-refractivity contribution is 6.29. The molecule has 3 rings (SSSR count). The van der Waals surface area contributed by atoms with Gasteiger partial charge >= 0.3 is 0 Å². The number of ether oxygens (including phenoxy) is 1. The average Bonchev–Trinajstić information content (AvgIpc) is 3.00. The molecule has 2 aromatic rings. The van der Waals surface area contributed by atoms with Crippen LogP contribution in [-0.2, 0) is 4.74 Å². The van der Waals surface area contributed by atoms with Gasteiger partial charge in [0.2, 0.25) is 0 Å². The summed E-state index contributed by atoms with van der Waals surface area (Å²) in [5, 5.41) is 12.6. The zero-order valence-electron chi connectivity index (χ0n) is 9.08. The highest BCUT2D eigenvalue weighted by Crippen LogP contribution is 2.22. The third-order valence-electron chi connectivity index (χ3n) is 2.81. The molecule has 0 aliphatic carbocycles. The summed E-state index contributed by atoms with van der Waals surface area (Å²) < 4.78 is 7.27. The normalized spacial score (nSPS) is 19.7. The minimum absolute atomic E-state index is 0.337. The van der Waals surface area contributed by atoms with Gasteiger partial charge in [0, 0.05) is 18.4 Å². The van der Waals surface area contributed by atoms with Crippen LogP contribution in [0.25, 0.3) is 11.3 Å². The predicted octanol–water partition coefficient (Wildman–Crippen LogP) is 1.95. The Bertz CT molecular complexity index is 504. The highest BCUT2D eigenvalue weighted by Gasteiger charge is 2.18. The van der Waals surface area contributed by atoms with Crippen molar-refractivity contribution in [3.8, 4) is 11.3 Å². The maximum atomic E-state index is 5.70. The van der Waals surface area contributed by atoms with E-state index in [-0.39, 0.29) is 0 Å². The van der Waals surface area contributed by atoms with E-state index in [2.05, 4.69) is 15.3 Å². The lowest BCUT2D eigenvalue weighted by Gasteiger charge is -2.06. The summed E-state index contributed by atoms with van der Waals surface area (Å²) in [6.45, 7) is 1.54. The topological polar surface area (TPSA) is 52.8 Å². The third-order valence-corrected chi connectivity index (χ3v) is 3.01. The fourth-order valence-electron chi connectivity index (χ4n) is 1.87. The molecule has 1 fully saturated rings. The molecule has 0 saturated carbocycles. The van der Waals surface area contributed by atoms with Gasteiger partial charge in [0.15, 0.2) is 5.15 Å². The molecule has 0 aromatic carbocycles. The minimum Gasteiger partial charge on any atom is -0.379 e. The van der Waals surface area contributed by atoms with E-state index in [1.54, 1.807) is 12.3 Å². The molecule has 1 atom stereocenters. The summed E-state index contributed by atoms with van der Waals surface area (Å²) in [5.41, 5.74) is 1.72. The molecule has 0 bridgehead atoms. The van der Waals surface area contributed by atoms with Crippen LogP contribution in [-0.4, -0.2) is 33.2 Å². The zero-order chi connectivity index (χ0) is 11.7. The van der Waals surface area contributed by atoms with Gasteiger partial charge in [0.05, 0.1) is 24.5 Å². The zero-order valence-corrected chi connectivity index (χ0v) is 9.84. The van der Waals surface area contributed by atoms with Gasteiger partial charge in [-0.3, -0.25) is 4.68 Å². The molecule has 88 valence electrons. The van der Waals surface area contributed by atoms with E-state index in [0.29, 0.717) is 11.2 Å². The van der Waals surface area contributed by atoms with Crippen molar-refractivity contribution in [2.75, 3.05) is 13.2 Å². The van der Waals surface area contributed by atoms with E-state index in [0.717, 1.165) is 30.9 Å². The Morgan fingerprint density at radius 2 is 2.29 bits per heavy atom. The van der Waals surface area contributed by atoms with E-state index < -0.39 is 0 Å². The standard InChI is InChI=1S/C11H11ClN4O/c12-11-2-1-10(14-15-11)8-5-13-16(6-8)9-3-4-17-7-9/h1-2,5-6,9H,3-4,7H2. The lowest BCUT2D eigenvalue weighted by Crippen LogP contribution is -2.08. The van der Waals surface area contributed by atoms with Crippen LogP contribution in [0.2, 0.25) is 5.15 Å². The first-order valence-electron chi connectivity index (χ1n) is 5.44. The lowest BCUT2D eigenvalue weighted by atomic mass is 10.2. The van der Waals surface area contributed by atoms with Crippen LogP contribution < -0.4 is 0 Å². The predicted molar refractivity (Wildman–Crippen MR) is 62.7 cm³/mol. The van der Waals surface area contributed by atoms with Crippen molar-refractivity contribution in [3.05, 3.63) is 29.7 Å². The van der Waals surface area contributed by atoms with Crippen molar-refractivity contribution in [2.45, 2.75) is 12.5 Å². The maximum absolute atomic E-state index is 5.70. The van der Waals surface area contributed by atoms with Crippen LogP contribution in [0.15, 0.2) is 24.5 Å². The van der Waals surface area contributed by atoms with Gasteiger partial charge in [-0.25, -0.2) is 0 Å². The van der Waals surface area contributed by atoms with Crippen LogP contribution in [0.4, 0.5) is 0 Å². The first-order valence-corrected chi connectivity index (χ1v) is 5.82. The maximum Gasteiger partial charge on any atom is 0.151 e. The Morgan fingerprint density at radius 1 is 1.35 bits per heavy atom. The summed E-state index contributed by atoms with van der Waals surface area (Å²) in [6, 6.07) is 3.89. The third kappa shape index (κ3) is 2.16. The second-order valence-corrected chi connectivity index (χ2v) is 4.35. The SMILES string of the molecule is Clc1ccc(-c2cnn(C3CCOC3)c2)nn1. The number of halogens is 1. The van der Waals surface area contributed by atoms with Gasteiger partial charge in [0.1, 0.15) is 0 Å². The van der Waals surface area contributed by atoms with Crippen molar-refractivity contribution in [1.82, 2.24) is 20.0 Å². The molecule has 0 amide bonds. The molecule has 0 spiro atoms. The van der Waals surface area contributed by atoms with Crippen molar-refractivity contribution in [1.29, 1.82) is 0 Å². The van der Waals surface area contributed by atoms with Crippen LogP contribution in [0, 0.1) is 0 Å². The quantitative estimate of drug-likeness (QED) is 0.818. The molecular formula is C11H11ClN4O. The molecule has 1 saturated heterocycles. The Kier molecular flexibility index (Phi) is 2.78. The summed E-state index contributed by atoms with van der Waals surface area (Å²) in [6.07, 6.45) is 4.76. The Morgan fingerprint density at radius 3 is 3.00 bits per heavy atom. The van der Waals surface area contributed by atoms with Crippen LogP contribution >= 0.6 is 11.6 Å². The molecule has 3 heterocycles. The lowest BCUT2D eigenvalue weighted by molar-refractivity contribution is 0.184. The molecule has 17 heavy (non-hydrogen) atoms. The van der Waals surface area contributed by atoms with Gasteiger partial charge in [-0.2, -0.15) is 5.10 Å². The van der Waals surface area contributed by atoms with Gasteiger partial charge in [-0.15, -0.1) is 10.2 Å². The summed E-state index contributed by atoms with van der Waals surface area (Å²) >= 11 is 5.70. The minimum atomic E-state index is 0.337. The second kappa shape index (κ2) is 4.43. The number of hydrogen-bond acceptors (Lipinski definition) is 4. The van der Waals surface area contributed by atoms with E-state index in [4.69, 9.17) is 16.3 Å². The summed E-state index contributed by atoms with van der Waals surface area (Å²) in [5.74, 6) is 0. The number of nitrogens with zero attached hydrogens (tertiary/aromatic N) is 4. The number of hydrogen-bond donors (Lipinski definition) is 0. The van der Waals surface area contributed by atoms with Gasteiger partial charge in [0.25, 0.3) is 0 Å². The first-order chi connectivity index (χ1) is 8.33. The van der Waals surface area contributed by atoms with Gasteiger partial charge in [-0.05, 0) is 18.6 Å². The van der Waals surface area contributed by atoms with E-state index in [9.17, 15) is 0 Å². The second-order valence-electron chi connectivity index (χ2n) is 3.97. The molecule has 0 radical (unpaired) electrons. The van der Waals surface area contributed by atoms with Gasteiger partial charge in [-0.1, -0.05) is 11.6 Å². The molecule has 5 nitrogen and oxygen atoms in total. The van der Waals surface area contributed by atoms with Crippen LogP contribution in [0.1, 0.15) is 12.5 Å². The van der Waals surface area contributed by atoms with Crippen molar-refractivity contribution < 1.29 is 4.74 Å². The molecule has 1 unspecified atom stereocenters. The monoisotopic (exact) mass is 250 g/mol. The Balaban J connectivity index is 1.86. The average molecular weight is 251 g/mol. The highest BCUT2D eigenvalue weighted by atomic mass is 35.5. The number of aromatic nitrogens is 4. The summed E-state index contributed by atoms with van der Waals surface area (Å²) in [7, 11) is 0. The molecular weight excluding hydrogens is 240 g/mol. The van der Waals surface area contributed by atoms with Crippen molar-refractivity contribution >= 4 is 11.6 Å². The Labute approximate surface area is 103 Å². The number of rotatable bonds is 2. The molecule has 1 aliphatic heterocycles. The first kappa shape index (κ1) is 10.7. The van der Waals surface area contributed by atoms with E-state index in [1.165, 1.54) is 0 Å². The van der Waals surface area contributed by atoms with Crippen molar-refractivity contribution in [2.24, 2.45) is 0 Å². The molecule has 0 N–H and O–H groups in total.